The summed E-state index contributed by atoms with van der Waals surface area (Å²) in [5, 5.41) is 0. The molecule has 0 heterocycles. The van der Waals surface area contributed by atoms with Crippen LogP contribution in [0.15, 0.2) is 25.3 Å². The van der Waals surface area contributed by atoms with Gasteiger partial charge in [0, 0.05) is 12.8 Å². The summed E-state index contributed by atoms with van der Waals surface area (Å²) in [5.41, 5.74) is 0. The minimum atomic E-state index is -0.444. The maximum Gasteiger partial charge on any atom is 0.313 e. The molecule has 3 heteroatoms. The zero-order valence-corrected chi connectivity index (χ0v) is 9.04. The lowest BCUT2D eigenvalue weighted by Gasteiger charge is -2.01. The highest BCUT2D eigenvalue weighted by Crippen LogP contribution is 2.02. The van der Waals surface area contributed by atoms with Crippen LogP contribution in [0, 0.1) is 0 Å². The van der Waals surface area contributed by atoms with Gasteiger partial charge in [-0.25, -0.2) is 0 Å². The molecule has 0 spiro atoms. The third kappa shape index (κ3) is 8.94. The Hall–Kier alpha value is -1.38. The van der Waals surface area contributed by atoms with Gasteiger partial charge < -0.3 is 4.74 Å². The van der Waals surface area contributed by atoms with Crippen LogP contribution in [0.5, 0.6) is 0 Å². The van der Waals surface area contributed by atoms with Crippen molar-refractivity contribution in [3.63, 3.8) is 0 Å². The number of unbranched alkanes of at least 4 members (excludes halogenated alkanes) is 2. The molecule has 0 fully saturated rings. The van der Waals surface area contributed by atoms with Crippen molar-refractivity contribution < 1.29 is 14.3 Å². The molecule has 3 nitrogen and oxygen atoms in total. The Kier molecular flexibility index (Phi) is 8.34. The van der Waals surface area contributed by atoms with Crippen LogP contribution in [-0.2, 0) is 14.3 Å². The van der Waals surface area contributed by atoms with Crippen LogP contribution in [0.4, 0.5) is 0 Å². The van der Waals surface area contributed by atoms with Gasteiger partial charge in [-0.15, -0.1) is 13.2 Å². The van der Waals surface area contributed by atoms with Crippen LogP contribution in [0.25, 0.3) is 0 Å². The van der Waals surface area contributed by atoms with E-state index >= 15 is 0 Å². The first-order valence-electron chi connectivity index (χ1n) is 5.16. The summed E-state index contributed by atoms with van der Waals surface area (Å²) in [7, 11) is 0. The van der Waals surface area contributed by atoms with Gasteiger partial charge in [0.05, 0.1) is 0 Å². The lowest BCUT2D eigenvalue weighted by Crippen LogP contribution is -2.11. The third-order valence-electron chi connectivity index (χ3n) is 1.81. The average molecular weight is 210 g/mol. The number of hydrogen-bond donors (Lipinski definition) is 0. The third-order valence-corrected chi connectivity index (χ3v) is 1.81. The first-order chi connectivity index (χ1) is 7.20. The summed E-state index contributed by atoms with van der Waals surface area (Å²) < 4.78 is 4.60. The molecule has 0 saturated carbocycles. The Balaban J connectivity index is 3.52. The Labute approximate surface area is 90.8 Å². The van der Waals surface area contributed by atoms with Crippen molar-refractivity contribution in [2.75, 3.05) is 0 Å². The predicted octanol–water partition coefficient (Wildman–Crippen LogP) is 2.77. The van der Waals surface area contributed by atoms with Crippen LogP contribution in [0.3, 0.4) is 0 Å². The van der Waals surface area contributed by atoms with E-state index in [9.17, 15) is 9.59 Å². The standard InChI is InChI=1S/C12H18O3/c1-3-5-7-9-11(13)15-12(14)10-8-6-4-2/h3-4H,1-2,5-10H2. The summed E-state index contributed by atoms with van der Waals surface area (Å²) in [5.74, 6) is -0.888. The van der Waals surface area contributed by atoms with Gasteiger partial charge in [-0.2, -0.15) is 0 Å². The minimum absolute atomic E-state index is 0.277. The Morgan fingerprint density at radius 2 is 1.33 bits per heavy atom. The van der Waals surface area contributed by atoms with E-state index in [0.29, 0.717) is 12.8 Å². The molecule has 0 bridgehead atoms. The topological polar surface area (TPSA) is 43.4 Å². The van der Waals surface area contributed by atoms with E-state index in [0.717, 1.165) is 12.8 Å². The maximum atomic E-state index is 11.1. The van der Waals surface area contributed by atoms with Crippen LogP contribution in [0.2, 0.25) is 0 Å². The van der Waals surface area contributed by atoms with Crippen molar-refractivity contribution in [1.82, 2.24) is 0 Å². The summed E-state index contributed by atoms with van der Waals surface area (Å²) in [6.07, 6.45) is 6.92. The number of carbonyl (C=O) groups is 2. The number of hydrogen-bond acceptors (Lipinski definition) is 3. The molecule has 0 aliphatic carbocycles. The first kappa shape index (κ1) is 13.6. The summed E-state index contributed by atoms with van der Waals surface area (Å²) in [4.78, 5) is 22.1. The molecule has 0 rings (SSSR count). The van der Waals surface area contributed by atoms with Crippen molar-refractivity contribution in [2.24, 2.45) is 0 Å². The zero-order valence-electron chi connectivity index (χ0n) is 9.04. The molecule has 0 atom stereocenters. The van der Waals surface area contributed by atoms with E-state index in [1.165, 1.54) is 0 Å². The molecule has 0 aromatic carbocycles. The van der Waals surface area contributed by atoms with Gasteiger partial charge in [-0.05, 0) is 25.7 Å². The first-order valence-corrected chi connectivity index (χ1v) is 5.16. The molecule has 0 aliphatic heterocycles. The average Bonchev–Trinajstić information content (AvgIpc) is 2.18. The second-order valence-electron chi connectivity index (χ2n) is 3.21. The van der Waals surface area contributed by atoms with Crippen LogP contribution < -0.4 is 0 Å². The Morgan fingerprint density at radius 3 is 1.67 bits per heavy atom. The van der Waals surface area contributed by atoms with E-state index in [2.05, 4.69) is 17.9 Å². The molecule has 0 radical (unpaired) electrons. The number of carbonyl (C=O) groups excluding carboxylic acids is 2. The van der Waals surface area contributed by atoms with Crippen LogP contribution in [0.1, 0.15) is 38.5 Å². The van der Waals surface area contributed by atoms with Crippen molar-refractivity contribution in [1.29, 1.82) is 0 Å². The number of allylic oxidation sites excluding steroid dienone is 2. The van der Waals surface area contributed by atoms with Gasteiger partial charge in [0.15, 0.2) is 0 Å². The van der Waals surface area contributed by atoms with E-state index in [-0.39, 0.29) is 12.8 Å². The predicted molar refractivity (Wildman–Crippen MR) is 59.2 cm³/mol. The normalized spacial score (nSPS) is 9.33. The highest BCUT2D eigenvalue weighted by molar-refractivity contribution is 5.85. The van der Waals surface area contributed by atoms with E-state index in [4.69, 9.17) is 0 Å². The monoisotopic (exact) mass is 210 g/mol. The van der Waals surface area contributed by atoms with Gasteiger partial charge in [0.25, 0.3) is 0 Å². The second kappa shape index (κ2) is 9.19. The molecular formula is C12H18O3. The fourth-order valence-corrected chi connectivity index (χ4v) is 1.01. The molecule has 0 N–H and O–H groups in total. The largest absolute Gasteiger partial charge is 0.393 e. The molecule has 0 saturated heterocycles. The second-order valence-corrected chi connectivity index (χ2v) is 3.21. The quantitative estimate of drug-likeness (QED) is 0.268. The van der Waals surface area contributed by atoms with Gasteiger partial charge in [-0.1, -0.05) is 12.2 Å². The lowest BCUT2D eigenvalue weighted by atomic mass is 10.2. The molecule has 0 unspecified atom stereocenters. The number of esters is 2. The molecule has 15 heavy (non-hydrogen) atoms. The Bertz CT molecular complexity index is 207. The number of ether oxygens (including phenoxy) is 1. The van der Waals surface area contributed by atoms with Crippen LogP contribution in [-0.4, -0.2) is 11.9 Å². The minimum Gasteiger partial charge on any atom is -0.393 e. The van der Waals surface area contributed by atoms with Crippen molar-refractivity contribution in [2.45, 2.75) is 38.5 Å². The maximum absolute atomic E-state index is 11.1. The van der Waals surface area contributed by atoms with E-state index in [1.807, 2.05) is 0 Å². The van der Waals surface area contributed by atoms with E-state index in [1.54, 1.807) is 12.2 Å². The molecular weight excluding hydrogens is 192 g/mol. The molecule has 0 aromatic rings. The molecule has 84 valence electrons. The highest BCUT2D eigenvalue weighted by Gasteiger charge is 2.08. The highest BCUT2D eigenvalue weighted by atomic mass is 16.6. The zero-order chi connectivity index (χ0) is 11.5. The SMILES string of the molecule is C=CCCCC(=O)OC(=O)CCCC=C. The Morgan fingerprint density at radius 1 is 0.933 bits per heavy atom. The van der Waals surface area contributed by atoms with E-state index < -0.39 is 11.9 Å². The van der Waals surface area contributed by atoms with Crippen molar-refractivity contribution >= 4 is 11.9 Å². The fourth-order valence-electron chi connectivity index (χ4n) is 1.01. The number of rotatable bonds is 8. The van der Waals surface area contributed by atoms with Gasteiger partial charge in [0.2, 0.25) is 0 Å². The summed E-state index contributed by atoms with van der Waals surface area (Å²) >= 11 is 0. The molecule has 0 aromatic heterocycles. The lowest BCUT2D eigenvalue weighted by molar-refractivity contribution is -0.159. The van der Waals surface area contributed by atoms with Gasteiger partial charge in [-0.3, -0.25) is 9.59 Å². The van der Waals surface area contributed by atoms with Crippen molar-refractivity contribution in [3.8, 4) is 0 Å². The van der Waals surface area contributed by atoms with Crippen molar-refractivity contribution in [3.05, 3.63) is 25.3 Å². The smallest absolute Gasteiger partial charge is 0.313 e. The van der Waals surface area contributed by atoms with Gasteiger partial charge >= 0.3 is 11.9 Å². The fraction of sp³-hybridized carbons (Fsp3) is 0.500. The van der Waals surface area contributed by atoms with Crippen LogP contribution >= 0.6 is 0 Å². The van der Waals surface area contributed by atoms with Gasteiger partial charge in [0.1, 0.15) is 0 Å². The molecule has 0 aliphatic rings. The molecule has 0 amide bonds. The summed E-state index contributed by atoms with van der Waals surface area (Å²) in [6.45, 7) is 7.08. The summed E-state index contributed by atoms with van der Waals surface area (Å²) in [6, 6.07) is 0.